The van der Waals surface area contributed by atoms with Crippen LogP contribution in [0.4, 0.5) is 0 Å². The van der Waals surface area contributed by atoms with Crippen LogP contribution in [-0.4, -0.2) is 11.7 Å². The molecule has 3 aromatic rings. The molecule has 192 valence electrons. The molecule has 2 saturated heterocycles. The zero-order valence-corrected chi connectivity index (χ0v) is 21.2. The number of hydrogen-bond acceptors (Lipinski definition) is 7. The van der Waals surface area contributed by atoms with E-state index in [9.17, 15) is 15.8 Å². The largest absolute Gasteiger partial charge is 0.489 e. The van der Waals surface area contributed by atoms with Crippen molar-refractivity contribution in [3.8, 4) is 24.0 Å². The van der Waals surface area contributed by atoms with E-state index in [1.807, 2.05) is 60.7 Å². The van der Waals surface area contributed by atoms with E-state index in [1.54, 1.807) is 24.3 Å². The minimum absolute atomic E-state index is 0.0998. The maximum atomic E-state index is 10.7. The highest BCUT2D eigenvalue weighted by Gasteiger charge is 2.81. The Morgan fingerprint density at radius 1 is 0.846 bits per heavy atom. The Morgan fingerprint density at radius 3 is 2.15 bits per heavy atom. The summed E-state index contributed by atoms with van der Waals surface area (Å²) in [7, 11) is 0. The second-order valence-electron chi connectivity index (χ2n) is 10.5. The van der Waals surface area contributed by atoms with Gasteiger partial charge in [0.15, 0.2) is 5.41 Å². The Bertz CT molecular complexity index is 1510. The molecule has 3 aromatic carbocycles. The SMILES string of the molecule is N#CC1(C#N)C(c2ccc(OCc3ccccc3)cc2)OC23CCC(c4ccccc4)CC2C1(C#N)C(=N)O3. The van der Waals surface area contributed by atoms with Crippen molar-refractivity contribution in [2.45, 2.75) is 43.7 Å². The second-order valence-corrected chi connectivity index (χ2v) is 10.5. The van der Waals surface area contributed by atoms with Gasteiger partial charge in [-0.15, -0.1) is 0 Å². The van der Waals surface area contributed by atoms with Crippen molar-refractivity contribution in [2.75, 3.05) is 0 Å². The average molecular weight is 515 g/mol. The molecule has 5 atom stereocenters. The molecule has 3 aliphatic rings. The zero-order valence-electron chi connectivity index (χ0n) is 21.2. The molecule has 6 rings (SSSR count). The van der Waals surface area contributed by atoms with E-state index in [2.05, 4.69) is 18.2 Å². The van der Waals surface area contributed by atoms with Gasteiger partial charge in [-0.05, 0) is 47.6 Å². The second kappa shape index (κ2) is 9.28. The molecular weight excluding hydrogens is 488 g/mol. The molecule has 7 heteroatoms. The van der Waals surface area contributed by atoms with E-state index in [0.29, 0.717) is 30.8 Å². The van der Waals surface area contributed by atoms with Gasteiger partial charge < -0.3 is 14.2 Å². The number of rotatable bonds is 5. The summed E-state index contributed by atoms with van der Waals surface area (Å²) < 4.78 is 18.6. The summed E-state index contributed by atoms with van der Waals surface area (Å²) in [5.41, 5.74) is -1.03. The van der Waals surface area contributed by atoms with Gasteiger partial charge in [-0.25, -0.2) is 0 Å². The van der Waals surface area contributed by atoms with Gasteiger partial charge in [-0.3, -0.25) is 5.41 Å². The Hall–Kier alpha value is -4.64. The summed E-state index contributed by atoms with van der Waals surface area (Å²) in [4.78, 5) is 0. The molecule has 2 aliphatic heterocycles. The molecule has 1 N–H and O–H groups in total. The highest BCUT2D eigenvalue weighted by molar-refractivity contribution is 5.89. The first-order valence-corrected chi connectivity index (χ1v) is 13.0. The molecule has 2 bridgehead atoms. The van der Waals surface area contributed by atoms with Crippen molar-refractivity contribution in [2.24, 2.45) is 16.7 Å². The topological polar surface area (TPSA) is 123 Å². The molecular formula is C32H26N4O3. The Balaban J connectivity index is 1.36. The molecule has 5 unspecified atom stereocenters. The fraction of sp³-hybridized carbons (Fsp3) is 0.312. The van der Waals surface area contributed by atoms with Crippen LogP contribution in [0.1, 0.15) is 48.0 Å². The molecule has 3 fully saturated rings. The van der Waals surface area contributed by atoms with Crippen LogP contribution in [0.25, 0.3) is 0 Å². The highest BCUT2D eigenvalue weighted by Crippen LogP contribution is 2.70. The first-order valence-electron chi connectivity index (χ1n) is 13.0. The summed E-state index contributed by atoms with van der Waals surface area (Å²) in [5, 5.41) is 40.6. The fourth-order valence-electron chi connectivity index (χ4n) is 6.65. The third-order valence-corrected chi connectivity index (χ3v) is 8.61. The fourth-order valence-corrected chi connectivity index (χ4v) is 6.65. The Labute approximate surface area is 227 Å². The summed E-state index contributed by atoms with van der Waals surface area (Å²) >= 11 is 0. The molecule has 1 aliphatic carbocycles. The first kappa shape index (κ1) is 24.7. The molecule has 0 spiro atoms. The zero-order chi connectivity index (χ0) is 27.1. The van der Waals surface area contributed by atoms with Crippen LogP contribution in [0.2, 0.25) is 0 Å². The monoisotopic (exact) mass is 514 g/mol. The summed E-state index contributed by atoms with van der Waals surface area (Å²) in [6, 6.07) is 33.4. The minimum atomic E-state index is -1.98. The van der Waals surface area contributed by atoms with Crippen molar-refractivity contribution in [3.05, 3.63) is 102 Å². The molecule has 2 heterocycles. The van der Waals surface area contributed by atoms with Crippen molar-refractivity contribution in [1.82, 2.24) is 0 Å². The predicted octanol–water partition coefficient (Wildman–Crippen LogP) is 6.17. The number of nitrogens with one attached hydrogen (secondary N) is 1. The van der Waals surface area contributed by atoms with Gasteiger partial charge in [-0.1, -0.05) is 72.8 Å². The van der Waals surface area contributed by atoms with Crippen molar-refractivity contribution in [3.63, 3.8) is 0 Å². The van der Waals surface area contributed by atoms with Gasteiger partial charge in [0.05, 0.1) is 24.1 Å². The van der Waals surface area contributed by atoms with Crippen LogP contribution in [0, 0.1) is 56.2 Å². The highest BCUT2D eigenvalue weighted by atomic mass is 16.7. The Morgan fingerprint density at radius 2 is 1.51 bits per heavy atom. The van der Waals surface area contributed by atoms with Crippen LogP contribution < -0.4 is 4.74 Å². The van der Waals surface area contributed by atoms with Gasteiger partial charge in [-0.2, -0.15) is 15.8 Å². The lowest BCUT2D eigenvalue weighted by Gasteiger charge is -2.52. The first-order chi connectivity index (χ1) is 19.0. The van der Waals surface area contributed by atoms with E-state index in [1.165, 1.54) is 0 Å². The van der Waals surface area contributed by atoms with Gasteiger partial charge in [0.2, 0.25) is 17.1 Å². The van der Waals surface area contributed by atoms with Crippen molar-refractivity contribution in [1.29, 1.82) is 21.2 Å². The van der Waals surface area contributed by atoms with Gasteiger partial charge in [0.1, 0.15) is 18.5 Å². The summed E-state index contributed by atoms with van der Waals surface area (Å²) in [5.74, 6) is -1.51. The van der Waals surface area contributed by atoms with Gasteiger partial charge >= 0.3 is 0 Å². The van der Waals surface area contributed by atoms with E-state index < -0.39 is 28.6 Å². The summed E-state index contributed by atoms with van der Waals surface area (Å²) in [6.07, 6.45) is 0.581. The third kappa shape index (κ3) is 3.53. The molecule has 0 amide bonds. The van der Waals surface area contributed by atoms with Crippen LogP contribution in [-0.2, 0) is 16.1 Å². The van der Waals surface area contributed by atoms with Crippen molar-refractivity contribution < 1.29 is 14.2 Å². The molecule has 7 nitrogen and oxygen atoms in total. The molecule has 0 aromatic heterocycles. The van der Waals surface area contributed by atoms with Crippen LogP contribution in [0.15, 0.2) is 84.9 Å². The maximum Gasteiger partial charge on any atom is 0.217 e. The summed E-state index contributed by atoms with van der Waals surface area (Å²) in [6.45, 7) is 0.399. The lowest BCUT2D eigenvalue weighted by atomic mass is 9.50. The minimum Gasteiger partial charge on any atom is -0.489 e. The standard InChI is InChI=1S/C32H26N4O3/c33-19-30(20-34)28(24-11-13-26(14-12-24)37-18-22-7-3-1-4-8-22)38-32-16-15-25(23-9-5-2-6-10-23)17-27(32)31(30,21-35)29(36)39-32/h1-14,25,27-28,36H,15-18H2. The number of hydrogen-bond donors (Lipinski definition) is 1. The Kier molecular flexibility index (Phi) is 5.87. The lowest BCUT2D eigenvalue weighted by Crippen LogP contribution is -2.60. The van der Waals surface area contributed by atoms with E-state index in [0.717, 1.165) is 17.5 Å². The number of nitrogens with zero attached hydrogens (tertiary/aromatic N) is 3. The van der Waals surface area contributed by atoms with Crippen LogP contribution in [0.3, 0.4) is 0 Å². The van der Waals surface area contributed by atoms with Crippen LogP contribution >= 0.6 is 0 Å². The van der Waals surface area contributed by atoms with E-state index >= 15 is 0 Å². The number of nitriles is 3. The molecule has 39 heavy (non-hydrogen) atoms. The molecule has 0 radical (unpaired) electrons. The normalized spacial score (nSPS) is 30.1. The third-order valence-electron chi connectivity index (χ3n) is 8.61. The van der Waals surface area contributed by atoms with Crippen LogP contribution in [0.5, 0.6) is 5.75 Å². The average Bonchev–Trinajstić information content (AvgIpc) is 3.20. The number of ether oxygens (including phenoxy) is 3. The quantitative estimate of drug-likeness (QED) is 0.434. The smallest absolute Gasteiger partial charge is 0.217 e. The van der Waals surface area contributed by atoms with E-state index in [-0.39, 0.29) is 11.8 Å². The number of benzene rings is 3. The van der Waals surface area contributed by atoms with E-state index in [4.69, 9.17) is 19.6 Å². The maximum absolute atomic E-state index is 10.7. The predicted molar refractivity (Wildman–Crippen MR) is 141 cm³/mol. The molecule has 1 saturated carbocycles. The van der Waals surface area contributed by atoms with Crippen molar-refractivity contribution >= 4 is 5.90 Å². The van der Waals surface area contributed by atoms with Gasteiger partial charge in [0.25, 0.3) is 0 Å². The van der Waals surface area contributed by atoms with Gasteiger partial charge in [0, 0.05) is 6.42 Å². The lowest BCUT2D eigenvalue weighted by molar-refractivity contribution is -0.296.